The number of nitrogens with zero attached hydrogens (tertiary/aromatic N) is 1. The lowest BCUT2D eigenvalue weighted by atomic mass is 9.70. The van der Waals surface area contributed by atoms with Crippen molar-refractivity contribution < 1.29 is 4.42 Å². The van der Waals surface area contributed by atoms with Gasteiger partial charge in [-0.05, 0) is 43.4 Å². The summed E-state index contributed by atoms with van der Waals surface area (Å²) in [6.45, 7) is 2.26. The molecule has 3 heterocycles. The molecule has 0 saturated carbocycles. The van der Waals surface area contributed by atoms with Crippen molar-refractivity contribution in [3.8, 4) is 0 Å². The number of fused-ring (bicyclic) bond motifs is 1. The van der Waals surface area contributed by atoms with Crippen LogP contribution in [-0.4, -0.2) is 18.0 Å². The fraction of sp³-hybridized carbons (Fsp3) is 0.533. The van der Waals surface area contributed by atoms with Gasteiger partial charge in [0.1, 0.15) is 0 Å². The van der Waals surface area contributed by atoms with Crippen LogP contribution in [0.5, 0.6) is 0 Å². The Morgan fingerprint density at radius 2 is 2.33 bits per heavy atom. The summed E-state index contributed by atoms with van der Waals surface area (Å²) in [4.78, 5) is 14.2. The van der Waals surface area contributed by atoms with Gasteiger partial charge >= 0.3 is 5.63 Å². The Morgan fingerprint density at radius 3 is 3.28 bits per heavy atom. The summed E-state index contributed by atoms with van der Waals surface area (Å²) in [7, 11) is 0. The van der Waals surface area contributed by atoms with E-state index in [0.717, 1.165) is 32.4 Å². The van der Waals surface area contributed by atoms with Crippen LogP contribution in [0.25, 0.3) is 0 Å². The normalized spacial score (nSPS) is 33.9. The third-order valence-electron chi connectivity index (χ3n) is 4.99. The van der Waals surface area contributed by atoms with Crippen molar-refractivity contribution in [3.63, 3.8) is 0 Å². The molecule has 3 heteroatoms. The van der Waals surface area contributed by atoms with Crippen molar-refractivity contribution in [2.75, 3.05) is 13.1 Å². The molecule has 1 aliphatic carbocycles. The second-order valence-corrected chi connectivity index (χ2v) is 5.66. The maximum atomic E-state index is 11.6. The van der Waals surface area contributed by atoms with Gasteiger partial charge in [-0.25, -0.2) is 4.79 Å². The van der Waals surface area contributed by atoms with Gasteiger partial charge in [0, 0.05) is 18.5 Å². The lowest BCUT2D eigenvalue weighted by Crippen LogP contribution is -2.50. The van der Waals surface area contributed by atoms with Gasteiger partial charge in [0.05, 0.1) is 11.8 Å². The molecular weight excluding hydrogens is 226 g/mol. The van der Waals surface area contributed by atoms with Crippen molar-refractivity contribution >= 4 is 0 Å². The zero-order chi connectivity index (χ0) is 12.2. The van der Waals surface area contributed by atoms with Crippen LogP contribution in [-0.2, 0) is 12.0 Å². The zero-order valence-corrected chi connectivity index (χ0v) is 10.4. The maximum Gasteiger partial charge on any atom is 0.335 e. The zero-order valence-electron chi connectivity index (χ0n) is 10.4. The average Bonchev–Trinajstić information content (AvgIpc) is 2.78. The van der Waals surface area contributed by atoms with Crippen LogP contribution < -0.4 is 5.63 Å². The van der Waals surface area contributed by atoms with Crippen LogP contribution in [0, 0.1) is 5.92 Å². The Labute approximate surface area is 106 Å². The second-order valence-electron chi connectivity index (χ2n) is 5.66. The molecule has 3 nitrogen and oxygen atoms in total. The van der Waals surface area contributed by atoms with Crippen molar-refractivity contribution in [1.82, 2.24) is 4.90 Å². The summed E-state index contributed by atoms with van der Waals surface area (Å²) in [5.41, 5.74) is 2.38. The van der Waals surface area contributed by atoms with Crippen LogP contribution in [0.2, 0.25) is 0 Å². The molecule has 0 amide bonds. The van der Waals surface area contributed by atoms with Crippen LogP contribution in [0.3, 0.4) is 0 Å². The van der Waals surface area contributed by atoms with E-state index in [9.17, 15) is 4.79 Å². The smallest absolute Gasteiger partial charge is 0.335 e. The molecule has 1 fully saturated rings. The molecule has 0 bridgehead atoms. The lowest BCUT2D eigenvalue weighted by molar-refractivity contribution is 0.0853. The van der Waals surface area contributed by atoms with E-state index >= 15 is 0 Å². The number of allylic oxidation sites excluding steroid dienone is 1. The molecule has 18 heavy (non-hydrogen) atoms. The van der Waals surface area contributed by atoms with E-state index in [4.69, 9.17) is 4.42 Å². The fourth-order valence-corrected chi connectivity index (χ4v) is 4.24. The molecule has 0 N–H and O–H groups in total. The van der Waals surface area contributed by atoms with Gasteiger partial charge in [0.15, 0.2) is 0 Å². The summed E-state index contributed by atoms with van der Waals surface area (Å²) < 4.78 is 5.06. The quantitative estimate of drug-likeness (QED) is 0.654. The van der Waals surface area contributed by atoms with Crippen molar-refractivity contribution in [3.05, 3.63) is 46.0 Å². The summed E-state index contributed by atoms with van der Waals surface area (Å²) >= 11 is 0. The maximum absolute atomic E-state index is 11.6. The van der Waals surface area contributed by atoms with E-state index < -0.39 is 0 Å². The van der Waals surface area contributed by atoms with Gasteiger partial charge in [-0.15, -0.1) is 0 Å². The van der Waals surface area contributed by atoms with Gasteiger partial charge in [-0.1, -0.05) is 12.2 Å². The Bertz CT molecular complexity index is 574. The standard InChI is InChI=1S/C15H17NO2/c17-14-9-13-11(10-18-14)4-7-16-8-5-12-3-1-2-6-15(12,13)16/h1,3,9-10,12H,2,4-8H2/t12?,15-/m0/s1. The highest BCUT2D eigenvalue weighted by atomic mass is 16.4. The Hall–Kier alpha value is -1.35. The van der Waals surface area contributed by atoms with Gasteiger partial charge in [0.25, 0.3) is 0 Å². The minimum Gasteiger partial charge on any atom is -0.431 e. The first-order chi connectivity index (χ1) is 8.80. The molecule has 1 unspecified atom stereocenters. The summed E-state index contributed by atoms with van der Waals surface area (Å²) in [5.74, 6) is 0.576. The van der Waals surface area contributed by atoms with Gasteiger partial charge < -0.3 is 4.42 Å². The number of rotatable bonds is 0. The van der Waals surface area contributed by atoms with E-state index in [1.54, 1.807) is 12.3 Å². The largest absolute Gasteiger partial charge is 0.431 e. The summed E-state index contributed by atoms with van der Waals surface area (Å²) in [5, 5.41) is 0. The SMILES string of the molecule is O=c1cc2c(co1)CCN1CCC3C=CCC[C@@]231. The molecule has 0 radical (unpaired) electrons. The highest BCUT2D eigenvalue weighted by Gasteiger charge is 2.51. The Balaban J connectivity index is 1.97. The van der Waals surface area contributed by atoms with Crippen molar-refractivity contribution in [1.29, 1.82) is 0 Å². The van der Waals surface area contributed by atoms with Crippen molar-refractivity contribution in [2.24, 2.45) is 5.92 Å². The van der Waals surface area contributed by atoms with Crippen LogP contribution in [0.15, 0.2) is 33.7 Å². The van der Waals surface area contributed by atoms with Crippen LogP contribution in [0.4, 0.5) is 0 Å². The Kier molecular flexibility index (Phi) is 2.10. The predicted molar refractivity (Wildman–Crippen MR) is 68.4 cm³/mol. The first-order valence-corrected chi connectivity index (χ1v) is 6.84. The molecule has 94 valence electrons. The molecule has 1 saturated heterocycles. The molecule has 4 rings (SSSR count). The molecule has 2 aliphatic heterocycles. The van der Waals surface area contributed by atoms with Gasteiger partial charge in [-0.3, -0.25) is 4.90 Å². The molecule has 1 aromatic heterocycles. The number of hydrogen-bond acceptors (Lipinski definition) is 3. The topological polar surface area (TPSA) is 33.5 Å². The minimum absolute atomic E-state index is 0.0955. The highest BCUT2D eigenvalue weighted by Crippen LogP contribution is 2.52. The van der Waals surface area contributed by atoms with Crippen LogP contribution >= 0.6 is 0 Å². The predicted octanol–water partition coefficient (Wildman–Crippen LogP) is 2.06. The number of hydrogen-bond donors (Lipinski definition) is 0. The first kappa shape index (κ1) is 10.6. The third-order valence-corrected chi connectivity index (χ3v) is 4.99. The molecule has 1 aromatic rings. The molecule has 3 aliphatic rings. The lowest BCUT2D eigenvalue weighted by Gasteiger charge is -2.47. The summed E-state index contributed by atoms with van der Waals surface area (Å²) in [6, 6.07) is 1.75. The minimum atomic E-state index is -0.204. The van der Waals surface area contributed by atoms with E-state index in [1.165, 1.54) is 17.5 Å². The second kappa shape index (κ2) is 3.58. The van der Waals surface area contributed by atoms with E-state index in [1.807, 2.05) is 0 Å². The van der Waals surface area contributed by atoms with E-state index in [-0.39, 0.29) is 11.2 Å². The molecular formula is C15H17NO2. The average molecular weight is 243 g/mol. The molecule has 1 spiro atoms. The molecule has 0 aromatic carbocycles. The van der Waals surface area contributed by atoms with Crippen molar-refractivity contribution in [2.45, 2.75) is 31.2 Å². The third kappa shape index (κ3) is 1.20. The molecule has 2 atom stereocenters. The monoisotopic (exact) mass is 243 g/mol. The summed E-state index contributed by atoms with van der Waals surface area (Å²) in [6.07, 6.45) is 10.9. The van der Waals surface area contributed by atoms with E-state index in [0.29, 0.717) is 5.92 Å². The highest BCUT2D eigenvalue weighted by molar-refractivity contribution is 5.38. The Morgan fingerprint density at radius 1 is 1.39 bits per heavy atom. The van der Waals surface area contributed by atoms with E-state index in [2.05, 4.69) is 17.1 Å². The fourth-order valence-electron chi connectivity index (χ4n) is 4.24. The van der Waals surface area contributed by atoms with Gasteiger partial charge in [-0.2, -0.15) is 0 Å². The first-order valence-electron chi connectivity index (χ1n) is 6.84. The van der Waals surface area contributed by atoms with Gasteiger partial charge in [0.2, 0.25) is 0 Å². The van der Waals surface area contributed by atoms with Crippen LogP contribution in [0.1, 0.15) is 30.4 Å².